The van der Waals surface area contributed by atoms with Crippen LogP contribution in [0.1, 0.15) is 39.7 Å². The molecule has 2 nitrogen and oxygen atoms in total. The Morgan fingerprint density at radius 2 is 1.69 bits per heavy atom. The van der Waals surface area contributed by atoms with Crippen LogP contribution >= 0.6 is 0 Å². The molecule has 0 bridgehead atoms. The summed E-state index contributed by atoms with van der Waals surface area (Å²) in [4.78, 5) is 2.41. The van der Waals surface area contributed by atoms with Crippen LogP contribution in [0.3, 0.4) is 0 Å². The lowest BCUT2D eigenvalue weighted by molar-refractivity contribution is 0.220. The highest BCUT2D eigenvalue weighted by molar-refractivity contribution is 6.83. The van der Waals surface area contributed by atoms with Gasteiger partial charge < -0.3 is 4.43 Å². The van der Waals surface area contributed by atoms with Crippen LogP contribution in [0, 0.1) is 11.5 Å². The van der Waals surface area contributed by atoms with Crippen LogP contribution in [-0.2, 0) is 11.0 Å². The molecule has 0 unspecified atom stereocenters. The lowest BCUT2D eigenvalue weighted by atomic mass is 10.2. The zero-order valence-corrected chi connectivity index (χ0v) is 22.3. The quantitative estimate of drug-likeness (QED) is 0.245. The topological polar surface area (TPSA) is 12.5 Å². The van der Waals surface area contributed by atoms with Gasteiger partial charge in [0.2, 0.25) is 0 Å². The smallest absolute Gasteiger partial charge is 0.192 e. The Bertz CT molecular complexity index is 688. The van der Waals surface area contributed by atoms with Gasteiger partial charge >= 0.3 is 0 Å². The molecule has 1 aromatic rings. The summed E-state index contributed by atoms with van der Waals surface area (Å²) in [5.41, 5.74) is 4.83. The van der Waals surface area contributed by atoms with Crippen LogP contribution in [0.5, 0.6) is 0 Å². The molecule has 0 spiro atoms. The van der Waals surface area contributed by atoms with Gasteiger partial charge in [0.25, 0.3) is 0 Å². The second-order valence-electron chi connectivity index (χ2n) is 10.5. The van der Waals surface area contributed by atoms with Gasteiger partial charge in [0, 0.05) is 13.1 Å². The van der Waals surface area contributed by atoms with Gasteiger partial charge in [0.15, 0.2) is 8.32 Å². The number of benzene rings is 1. The fraction of sp³-hybridized carbons (Fsp3) is 0.600. The van der Waals surface area contributed by atoms with Crippen molar-refractivity contribution in [1.82, 2.24) is 4.90 Å². The van der Waals surface area contributed by atoms with Crippen molar-refractivity contribution in [2.45, 2.75) is 84.5 Å². The summed E-state index contributed by atoms with van der Waals surface area (Å²) in [7, 11) is -3.09. The summed E-state index contributed by atoms with van der Waals surface area (Å²) in [6.45, 7) is 23.3. The van der Waals surface area contributed by atoms with Crippen molar-refractivity contribution in [1.29, 1.82) is 0 Å². The van der Waals surface area contributed by atoms with Crippen LogP contribution < -0.4 is 0 Å². The van der Waals surface area contributed by atoms with Crippen molar-refractivity contribution in [2.75, 3.05) is 13.1 Å². The summed E-state index contributed by atoms with van der Waals surface area (Å²) < 4.78 is 6.59. The second kappa shape index (κ2) is 11.3. The molecule has 0 N–H and O–H groups in total. The van der Waals surface area contributed by atoms with E-state index in [9.17, 15) is 0 Å². The first-order valence-electron chi connectivity index (χ1n) is 10.9. The minimum atomic E-state index is -1.75. The van der Waals surface area contributed by atoms with Crippen molar-refractivity contribution in [3.05, 3.63) is 48.0 Å². The van der Waals surface area contributed by atoms with Gasteiger partial charge in [-0.15, -0.1) is 5.54 Å². The Morgan fingerprint density at radius 3 is 2.21 bits per heavy atom. The molecular formula is C25H43NOSi2. The summed E-state index contributed by atoms with van der Waals surface area (Å²) in [6.07, 6.45) is 5.75. The molecule has 0 radical (unpaired) electrons. The molecule has 162 valence electrons. The fourth-order valence-electron chi connectivity index (χ4n) is 2.62. The van der Waals surface area contributed by atoms with E-state index in [0.717, 1.165) is 26.1 Å². The highest BCUT2D eigenvalue weighted by atomic mass is 28.4. The van der Waals surface area contributed by atoms with E-state index in [0.29, 0.717) is 0 Å². The van der Waals surface area contributed by atoms with Crippen LogP contribution in [0.15, 0.2) is 42.5 Å². The molecule has 0 saturated carbocycles. The second-order valence-corrected chi connectivity index (χ2v) is 20.0. The molecule has 0 heterocycles. The predicted molar refractivity (Wildman–Crippen MR) is 134 cm³/mol. The monoisotopic (exact) mass is 429 g/mol. The Balaban J connectivity index is 2.81. The number of hydrogen-bond donors (Lipinski definition) is 0. The van der Waals surface area contributed by atoms with E-state index in [1.54, 1.807) is 0 Å². The molecule has 1 aromatic carbocycles. The third-order valence-corrected chi connectivity index (χ3v) is 10.8. The van der Waals surface area contributed by atoms with Crippen molar-refractivity contribution >= 4 is 16.4 Å². The average Bonchev–Trinajstić information content (AvgIpc) is 2.59. The maximum Gasteiger partial charge on any atom is 0.192 e. The van der Waals surface area contributed by atoms with Crippen LogP contribution in [0.4, 0.5) is 0 Å². The minimum Gasteiger partial charge on any atom is -0.411 e. The average molecular weight is 430 g/mol. The van der Waals surface area contributed by atoms with E-state index in [2.05, 4.69) is 119 Å². The van der Waals surface area contributed by atoms with E-state index < -0.39 is 16.4 Å². The van der Waals surface area contributed by atoms with E-state index in [1.807, 2.05) is 0 Å². The van der Waals surface area contributed by atoms with Crippen LogP contribution in [-0.4, -0.2) is 40.5 Å². The Kier molecular flexibility index (Phi) is 10.1. The molecule has 0 amide bonds. The highest BCUT2D eigenvalue weighted by Crippen LogP contribution is 2.37. The first kappa shape index (κ1) is 25.9. The molecule has 0 aromatic heterocycles. The van der Waals surface area contributed by atoms with E-state index in [1.165, 1.54) is 5.56 Å². The Morgan fingerprint density at radius 1 is 1.07 bits per heavy atom. The Labute approximate surface area is 182 Å². The van der Waals surface area contributed by atoms with Gasteiger partial charge in [0.05, 0.1) is 12.6 Å². The molecule has 1 rings (SSSR count). The van der Waals surface area contributed by atoms with E-state index in [-0.39, 0.29) is 11.1 Å². The van der Waals surface area contributed by atoms with Crippen molar-refractivity contribution in [2.24, 2.45) is 0 Å². The number of nitrogens with zero attached hydrogens (tertiary/aromatic N) is 1. The summed E-state index contributed by atoms with van der Waals surface area (Å²) in [5, 5.41) is 0.236. The molecule has 29 heavy (non-hydrogen) atoms. The predicted octanol–water partition coefficient (Wildman–Crippen LogP) is 6.73. The standard InChI is InChI=1S/C25H43NOSi2/c1-10-24(27-29(8,9)25(2,3)4)18-14-19-26(20-15-21-28(5,6)7)22-23-16-12-11-13-17-23/h11-14,16-18,24H,10,19-20,22H2,1-9H3/b18-14+/t24-/m0/s1. The third kappa shape index (κ3) is 10.5. The molecule has 0 aliphatic carbocycles. The maximum atomic E-state index is 6.59. The lowest BCUT2D eigenvalue weighted by Gasteiger charge is -2.38. The molecule has 0 saturated heterocycles. The first-order valence-corrected chi connectivity index (χ1v) is 17.4. The highest BCUT2D eigenvalue weighted by Gasteiger charge is 2.38. The Hall–Kier alpha value is -1.13. The van der Waals surface area contributed by atoms with Crippen molar-refractivity contribution < 1.29 is 4.43 Å². The van der Waals surface area contributed by atoms with Gasteiger partial charge in [-0.1, -0.05) is 95.7 Å². The zero-order chi connectivity index (χ0) is 22.1. The van der Waals surface area contributed by atoms with Gasteiger partial charge in [-0.3, -0.25) is 4.90 Å². The molecule has 0 fully saturated rings. The van der Waals surface area contributed by atoms with E-state index >= 15 is 0 Å². The fourth-order valence-corrected chi connectivity index (χ4v) is 4.58. The lowest BCUT2D eigenvalue weighted by Crippen LogP contribution is -2.43. The van der Waals surface area contributed by atoms with Crippen LogP contribution in [0.25, 0.3) is 0 Å². The number of hydrogen-bond acceptors (Lipinski definition) is 2. The molecule has 4 heteroatoms. The first-order chi connectivity index (χ1) is 13.3. The molecular weight excluding hydrogens is 386 g/mol. The maximum absolute atomic E-state index is 6.59. The summed E-state index contributed by atoms with van der Waals surface area (Å²) >= 11 is 0. The summed E-state index contributed by atoms with van der Waals surface area (Å²) in [5.74, 6) is 3.44. The number of rotatable bonds is 9. The zero-order valence-electron chi connectivity index (χ0n) is 20.3. The third-order valence-electron chi connectivity index (χ3n) is 5.38. The van der Waals surface area contributed by atoms with Gasteiger partial charge in [-0.25, -0.2) is 0 Å². The van der Waals surface area contributed by atoms with Gasteiger partial charge in [-0.2, -0.15) is 0 Å². The van der Waals surface area contributed by atoms with Crippen molar-refractivity contribution in [3.63, 3.8) is 0 Å². The summed E-state index contributed by atoms with van der Waals surface area (Å²) in [6, 6.07) is 10.7. The SMILES string of the molecule is CC[C@@H](/C=C/CN(CC#C[Si](C)(C)C)Cc1ccccc1)O[Si](C)(C)C(C)(C)C. The van der Waals surface area contributed by atoms with Crippen LogP contribution in [0.2, 0.25) is 37.8 Å². The molecule has 0 aliphatic rings. The normalized spacial score (nSPS) is 14.1. The van der Waals surface area contributed by atoms with Gasteiger partial charge in [0.1, 0.15) is 8.07 Å². The minimum absolute atomic E-state index is 0.197. The molecule has 1 atom stereocenters. The van der Waals surface area contributed by atoms with Gasteiger partial charge in [-0.05, 0) is 30.1 Å². The largest absolute Gasteiger partial charge is 0.411 e. The molecule has 0 aliphatic heterocycles. The van der Waals surface area contributed by atoms with Crippen molar-refractivity contribution in [3.8, 4) is 11.5 Å². The van der Waals surface area contributed by atoms with E-state index in [4.69, 9.17) is 4.43 Å².